The van der Waals surface area contributed by atoms with Crippen molar-refractivity contribution in [1.82, 2.24) is 0 Å². The normalized spacial score (nSPS) is 1.50. The minimum absolute atomic E-state index is 0. The van der Waals surface area contributed by atoms with Gasteiger partial charge in [0.1, 0.15) is 0 Å². The summed E-state index contributed by atoms with van der Waals surface area (Å²) >= 11 is 0. The van der Waals surface area contributed by atoms with Gasteiger partial charge in [0.15, 0.2) is 0 Å². The molecule has 0 saturated heterocycles. The van der Waals surface area contributed by atoms with Crippen LogP contribution in [-0.4, -0.2) is 36.6 Å². The molecule has 0 atom stereocenters. The molecule has 1 nitrogen and oxygen atoms in total. The van der Waals surface area contributed by atoms with Crippen LogP contribution in [0.3, 0.4) is 0 Å². The van der Waals surface area contributed by atoms with Gasteiger partial charge in [-0.05, 0) is 7.05 Å². The van der Waals surface area contributed by atoms with Gasteiger partial charge in [0, 0.05) is 0 Å². The van der Waals surface area contributed by atoms with Crippen molar-refractivity contribution in [3.05, 3.63) is 7.43 Å². The third kappa shape index (κ3) is 12.3. The Hall–Kier alpha value is 0.960. The van der Waals surface area contributed by atoms with Gasteiger partial charge >= 0.3 is 29.6 Å². The molecule has 0 amide bonds. The quantitative estimate of drug-likeness (QED) is 0.377. The molecule has 0 heterocycles. The fourth-order valence-electron chi connectivity index (χ4n) is 0. The van der Waals surface area contributed by atoms with E-state index in [4.69, 9.17) is 0 Å². The Kier molecular flexibility index (Phi) is 191. The fraction of sp³-hybridized carbons (Fsp3) is 0.500. The van der Waals surface area contributed by atoms with E-state index in [0.717, 1.165) is 0 Å². The predicted octanol–water partition coefficient (Wildman–Crippen LogP) is -0.623. The Bertz CT molecular complexity index is 6.00. The standard InChI is InChI=1S/CH5N.CH3.Na.H/c1-2;;;/h2H2,1H3;1H3;;. The zero-order valence-electron chi connectivity index (χ0n) is 2.58. The van der Waals surface area contributed by atoms with Crippen LogP contribution >= 0.6 is 0 Å². The first-order valence-corrected chi connectivity index (χ1v) is 0.577. The number of rotatable bonds is 0. The molecule has 1 radical (unpaired) electrons. The molecule has 2 heteroatoms. The molecule has 23 valence electrons. The van der Waals surface area contributed by atoms with E-state index in [-0.39, 0.29) is 37.0 Å². The second-order valence-corrected chi connectivity index (χ2v) is 0. The molecule has 2 N–H and O–H groups in total. The Morgan fingerprint density at radius 2 is 1.25 bits per heavy atom. The number of nitrogens with two attached hydrogens (primary N) is 1. The van der Waals surface area contributed by atoms with Crippen molar-refractivity contribution in [3.63, 3.8) is 0 Å². The van der Waals surface area contributed by atoms with Crippen molar-refractivity contribution >= 4 is 29.6 Å². The maximum absolute atomic E-state index is 4.50. The van der Waals surface area contributed by atoms with E-state index in [1.54, 1.807) is 0 Å². The first kappa shape index (κ1) is 20.2. The predicted molar refractivity (Wildman–Crippen MR) is 23.7 cm³/mol. The van der Waals surface area contributed by atoms with E-state index in [2.05, 4.69) is 5.73 Å². The Balaban J connectivity index is -0.00000000500. The Labute approximate surface area is 49.9 Å². The fourth-order valence-corrected chi connectivity index (χ4v) is 0. The molecule has 0 rings (SSSR count). The molecule has 4 heavy (non-hydrogen) atoms. The molecule has 0 aromatic heterocycles. The van der Waals surface area contributed by atoms with Crippen LogP contribution in [0.25, 0.3) is 0 Å². The zero-order chi connectivity index (χ0) is 2.00. The second kappa shape index (κ2) is 37.6. The molecule has 0 spiro atoms. The molecular formula is C2H9NNa. The number of hydrogen-bond acceptors (Lipinski definition) is 1. The van der Waals surface area contributed by atoms with E-state index < -0.39 is 0 Å². The SMILES string of the molecule is CN.[CH3].[NaH]. The van der Waals surface area contributed by atoms with Crippen molar-refractivity contribution in [1.29, 1.82) is 0 Å². The molecule has 0 aliphatic heterocycles. The van der Waals surface area contributed by atoms with Gasteiger partial charge in [-0.3, -0.25) is 0 Å². The molecule has 0 aromatic rings. The minimum atomic E-state index is 0. The van der Waals surface area contributed by atoms with E-state index in [1.165, 1.54) is 7.05 Å². The first-order valence-electron chi connectivity index (χ1n) is 0.577. The molecule has 0 fully saturated rings. The summed E-state index contributed by atoms with van der Waals surface area (Å²) in [5, 5.41) is 0. The molecule has 0 unspecified atom stereocenters. The summed E-state index contributed by atoms with van der Waals surface area (Å²) in [7, 11) is 1.50. The molecule has 0 saturated carbocycles. The molecule has 0 bridgehead atoms. The number of hydrogen-bond donors (Lipinski definition) is 1. The molecule has 0 aliphatic carbocycles. The summed E-state index contributed by atoms with van der Waals surface area (Å²) in [6.07, 6.45) is 0. The van der Waals surface area contributed by atoms with Crippen LogP contribution in [0.15, 0.2) is 0 Å². The van der Waals surface area contributed by atoms with E-state index in [9.17, 15) is 0 Å². The average molecular weight is 70.1 g/mol. The van der Waals surface area contributed by atoms with Crippen LogP contribution in [0.2, 0.25) is 0 Å². The van der Waals surface area contributed by atoms with E-state index in [0.29, 0.717) is 0 Å². The molecular weight excluding hydrogens is 61.0 g/mol. The van der Waals surface area contributed by atoms with Crippen molar-refractivity contribution in [2.45, 2.75) is 0 Å². The van der Waals surface area contributed by atoms with E-state index in [1.807, 2.05) is 0 Å². The summed E-state index contributed by atoms with van der Waals surface area (Å²) in [4.78, 5) is 0. The second-order valence-electron chi connectivity index (χ2n) is 0. The van der Waals surface area contributed by atoms with Crippen LogP contribution in [0.1, 0.15) is 0 Å². The Morgan fingerprint density at radius 3 is 1.25 bits per heavy atom. The maximum atomic E-state index is 4.50. The van der Waals surface area contributed by atoms with Gasteiger partial charge in [0.2, 0.25) is 0 Å². The monoisotopic (exact) mass is 70.1 g/mol. The Morgan fingerprint density at radius 1 is 1.25 bits per heavy atom. The molecule has 0 aromatic carbocycles. The summed E-state index contributed by atoms with van der Waals surface area (Å²) in [6.45, 7) is 0. The zero-order valence-corrected chi connectivity index (χ0v) is 2.58. The third-order valence-corrected chi connectivity index (χ3v) is 0. The van der Waals surface area contributed by atoms with Crippen LogP contribution in [-0.2, 0) is 0 Å². The van der Waals surface area contributed by atoms with E-state index >= 15 is 0 Å². The van der Waals surface area contributed by atoms with Crippen LogP contribution in [0.5, 0.6) is 0 Å². The molecule has 0 aliphatic rings. The summed E-state index contributed by atoms with van der Waals surface area (Å²) in [5.41, 5.74) is 4.50. The van der Waals surface area contributed by atoms with Gasteiger partial charge in [-0.25, -0.2) is 0 Å². The third-order valence-electron chi connectivity index (χ3n) is 0. The van der Waals surface area contributed by atoms with Gasteiger partial charge in [-0.1, -0.05) is 7.43 Å². The summed E-state index contributed by atoms with van der Waals surface area (Å²) in [5.74, 6) is 0. The van der Waals surface area contributed by atoms with Crippen LogP contribution in [0.4, 0.5) is 0 Å². The van der Waals surface area contributed by atoms with Crippen molar-refractivity contribution in [2.75, 3.05) is 7.05 Å². The summed E-state index contributed by atoms with van der Waals surface area (Å²) < 4.78 is 0. The van der Waals surface area contributed by atoms with Gasteiger partial charge in [-0.2, -0.15) is 0 Å². The first-order chi connectivity index (χ1) is 1.00. The van der Waals surface area contributed by atoms with Crippen molar-refractivity contribution in [3.8, 4) is 0 Å². The van der Waals surface area contributed by atoms with Gasteiger partial charge < -0.3 is 5.73 Å². The van der Waals surface area contributed by atoms with Gasteiger partial charge in [0.05, 0.1) is 0 Å². The topological polar surface area (TPSA) is 26.0 Å². The van der Waals surface area contributed by atoms with Crippen LogP contribution < -0.4 is 5.73 Å². The van der Waals surface area contributed by atoms with Crippen molar-refractivity contribution in [2.24, 2.45) is 5.73 Å². The van der Waals surface area contributed by atoms with Gasteiger partial charge in [-0.15, -0.1) is 0 Å². The van der Waals surface area contributed by atoms with Crippen LogP contribution in [0, 0.1) is 7.43 Å². The summed E-state index contributed by atoms with van der Waals surface area (Å²) in [6, 6.07) is 0. The van der Waals surface area contributed by atoms with Gasteiger partial charge in [0.25, 0.3) is 0 Å². The van der Waals surface area contributed by atoms with Crippen molar-refractivity contribution < 1.29 is 0 Å². The average Bonchev–Trinajstić information content (AvgIpc) is 1.00.